The van der Waals surface area contributed by atoms with Crippen LogP contribution in [0.5, 0.6) is 0 Å². The summed E-state index contributed by atoms with van der Waals surface area (Å²) < 4.78 is 1.85. The number of hydrogen-bond donors (Lipinski definition) is 2. The first kappa shape index (κ1) is 14.2. The molecule has 0 aromatic carbocycles. The van der Waals surface area contributed by atoms with Crippen LogP contribution in [0.1, 0.15) is 32.9 Å². The van der Waals surface area contributed by atoms with Crippen LogP contribution in [0.2, 0.25) is 0 Å². The average Bonchev–Trinajstić information content (AvgIpc) is 2.55. The van der Waals surface area contributed by atoms with Gasteiger partial charge < -0.3 is 11.1 Å². The van der Waals surface area contributed by atoms with E-state index in [1.807, 2.05) is 23.5 Å². The Labute approximate surface area is 108 Å². The van der Waals surface area contributed by atoms with Crippen LogP contribution in [-0.4, -0.2) is 27.3 Å². The molecule has 0 aliphatic heterocycles. The molecule has 0 saturated heterocycles. The quantitative estimate of drug-likeness (QED) is 0.787. The monoisotopic (exact) mass is 256 g/mol. The standard InChI is InChI=1S/C12H24N4S/c1-5-7-10-11(13)12(16(4)15-10)14-9(3)8-17-6-2/h9,14H,5-8,13H2,1-4H3. The number of nitrogens with two attached hydrogens (primary N) is 1. The minimum absolute atomic E-state index is 0.409. The van der Waals surface area contributed by atoms with Gasteiger partial charge in [0.05, 0.1) is 11.4 Å². The minimum atomic E-state index is 0.409. The molecule has 1 rings (SSSR count). The van der Waals surface area contributed by atoms with Gasteiger partial charge in [-0.3, -0.25) is 4.68 Å². The highest BCUT2D eigenvalue weighted by atomic mass is 32.2. The van der Waals surface area contributed by atoms with Crippen LogP contribution in [0.4, 0.5) is 11.5 Å². The van der Waals surface area contributed by atoms with Crippen LogP contribution >= 0.6 is 11.8 Å². The maximum Gasteiger partial charge on any atom is 0.148 e. The summed E-state index contributed by atoms with van der Waals surface area (Å²) in [6.07, 6.45) is 2.02. The van der Waals surface area contributed by atoms with Gasteiger partial charge in [0.25, 0.3) is 0 Å². The van der Waals surface area contributed by atoms with E-state index in [-0.39, 0.29) is 0 Å². The molecule has 5 heteroatoms. The highest BCUT2D eigenvalue weighted by Gasteiger charge is 2.14. The summed E-state index contributed by atoms with van der Waals surface area (Å²) >= 11 is 1.93. The van der Waals surface area contributed by atoms with Gasteiger partial charge in [-0.2, -0.15) is 16.9 Å². The highest BCUT2D eigenvalue weighted by Crippen LogP contribution is 2.24. The molecule has 0 aliphatic carbocycles. The van der Waals surface area contributed by atoms with Crippen molar-refractivity contribution in [3.8, 4) is 0 Å². The molecule has 1 atom stereocenters. The van der Waals surface area contributed by atoms with Gasteiger partial charge in [-0.15, -0.1) is 0 Å². The zero-order chi connectivity index (χ0) is 12.8. The number of thioether (sulfide) groups is 1. The van der Waals surface area contributed by atoms with Gasteiger partial charge >= 0.3 is 0 Å². The van der Waals surface area contributed by atoms with Crippen LogP contribution in [0, 0.1) is 0 Å². The fourth-order valence-corrected chi connectivity index (χ4v) is 2.43. The molecule has 0 spiro atoms. The van der Waals surface area contributed by atoms with Crippen molar-refractivity contribution in [2.24, 2.45) is 7.05 Å². The number of rotatable bonds is 7. The second kappa shape index (κ2) is 6.79. The number of nitrogen functional groups attached to an aromatic ring is 1. The van der Waals surface area contributed by atoms with E-state index in [1.165, 1.54) is 0 Å². The fraction of sp³-hybridized carbons (Fsp3) is 0.750. The van der Waals surface area contributed by atoms with Crippen LogP contribution in [-0.2, 0) is 13.5 Å². The third-order valence-electron chi connectivity index (χ3n) is 2.60. The van der Waals surface area contributed by atoms with Crippen molar-refractivity contribution in [2.75, 3.05) is 22.6 Å². The predicted octanol–water partition coefficient (Wildman–Crippen LogP) is 2.51. The lowest BCUT2D eigenvalue weighted by Crippen LogP contribution is -2.20. The largest absolute Gasteiger partial charge is 0.394 e. The molecular formula is C12H24N4S. The van der Waals surface area contributed by atoms with Gasteiger partial charge in [-0.25, -0.2) is 0 Å². The first-order valence-electron chi connectivity index (χ1n) is 6.25. The molecule has 0 saturated carbocycles. The molecule has 3 N–H and O–H groups in total. The van der Waals surface area contributed by atoms with E-state index in [2.05, 4.69) is 31.2 Å². The molecule has 1 aromatic heterocycles. The molecular weight excluding hydrogens is 232 g/mol. The molecule has 1 heterocycles. The maximum atomic E-state index is 6.11. The molecule has 17 heavy (non-hydrogen) atoms. The van der Waals surface area contributed by atoms with E-state index in [0.29, 0.717) is 6.04 Å². The number of aryl methyl sites for hydroxylation is 2. The Morgan fingerprint density at radius 3 is 2.76 bits per heavy atom. The second-order valence-corrected chi connectivity index (χ2v) is 5.61. The van der Waals surface area contributed by atoms with Gasteiger partial charge in [0.1, 0.15) is 5.82 Å². The summed E-state index contributed by atoms with van der Waals surface area (Å²) in [6, 6.07) is 0.409. The molecule has 98 valence electrons. The lowest BCUT2D eigenvalue weighted by atomic mass is 10.2. The fourth-order valence-electron chi connectivity index (χ4n) is 1.76. The maximum absolute atomic E-state index is 6.11. The van der Waals surface area contributed by atoms with Gasteiger partial charge in [-0.05, 0) is 19.1 Å². The third kappa shape index (κ3) is 3.84. The molecule has 0 fully saturated rings. The van der Waals surface area contributed by atoms with E-state index >= 15 is 0 Å². The Hall–Kier alpha value is -0.840. The Balaban J connectivity index is 2.69. The highest BCUT2D eigenvalue weighted by molar-refractivity contribution is 7.99. The lowest BCUT2D eigenvalue weighted by molar-refractivity contribution is 0.728. The lowest BCUT2D eigenvalue weighted by Gasteiger charge is -2.15. The van der Waals surface area contributed by atoms with E-state index < -0.39 is 0 Å². The van der Waals surface area contributed by atoms with Crippen molar-refractivity contribution in [2.45, 2.75) is 39.7 Å². The first-order chi connectivity index (χ1) is 8.10. The summed E-state index contributed by atoms with van der Waals surface area (Å²) in [5.74, 6) is 3.19. The van der Waals surface area contributed by atoms with Crippen molar-refractivity contribution in [1.29, 1.82) is 0 Å². The van der Waals surface area contributed by atoms with Crippen molar-refractivity contribution in [3.05, 3.63) is 5.69 Å². The smallest absolute Gasteiger partial charge is 0.148 e. The zero-order valence-electron chi connectivity index (χ0n) is 11.3. The molecule has 0 amide bonds. The van der Waals surface area contributed by atoms with E-state index in [0.717, 1.165) is 41.5 Å². The number of nitrogens with zero attached hydrogens (tertiary/aromatic N) is 2. The van der Waals surface area contributed by atoms with E-state index in [4.69, 9.17) is 5.73 Å². The summed E-state index contributed by atoms with van der Waals surface area (Å²) in [5.41, 5.74) is 7.93. The Morgan fingerprint density at radius 1 is 1.47 bits per heavy atom. The Bertz CT molecular complexity index is 349. The van der Waals surface area contributed by atoms with Gasteiger partial charge in [0.2, 0.25) is 0 Å². The minimum Gasteiger partial charge on any atom is -0.394 e. The summed E-state index contributed by atoms with van der Waals surface area (Å²) in [7, 11) is 1.94. The van der Waals surface area contributed by atoms with Crippen molar-refractivity contribution >= 4 is 23.3 Å². The number of anilines is 2. The molecule has 0 radical (unpaired) electrons. The van der Waals surface area contributed by atoms with Gasteiger partial charge in [-0.1, -0.05) is 20.3 Å². The molecule has 0 aliphatic rings. The molecule has 1 unspecified atom stereocenters. The van der Waals surface area contributed by atoms with Crippen LogP contribution in [0.15, 0.2) is 0 Å². The van der Waals surface area contributed by atoms with Crippen LogP contribution in [0.3, 0.4) is 0 Å². The average molecular weight is 256 g/mol. The van der Waals surface area contributed by atoms with Gasteiger partial charge in [0, 0.05) is 18.8 Å². The van der Waals surface area contributed by atoms with Crippen molar-refractivity contribution in [3.63, 3.8) is 0 Å². The first-order valence-corrected chi connectivity index (χ1v) is 7.41. The van der Waals surface area contributed by atoms with E-state index in [9.17, 15) is 0 Å². The predicted molar refractivity (Wildman–Crippen MR) is 77.7 cm³/mol. The third-order valence-corrected chi connectivity index (χ3v) is 3.75. The normalized spacial score (nSPS) is 12.7. The Morgan fingerprint density at radius 2 is 2.18 bits per heavy atom. The number of aromatic nitrogens is 2. The summed E-state index contributed by atoms with van der Waals surface area (Å²) in [5, 5.41) is 7.90. The van der Waals surface area contributed by atoms with Gasteiger partial charge in [0.15, 0.2) is 0 Å². The molecule has 1 aromatic rings. The molecule has 0 bridgehead atoms. The molecule has 4 nitrogen and oxygen atoms in total. The summed E-state index contributed by atoms with van der Waals surface area (Å²) in [6.45, 7) is 6.49. The van der Waals surface area contributed by atoms with Crippen molar-refractivity contribution < 1.29 is 0 Å². The summed E-state index contributed by atoms with van der Waals surface area (Å²) in [4.78, 5) is 0. The topological polar surface area (TPSA) is 55.9 Å². The van der Waals surface area contributed by atoms with E-state index in [1.54, 1.807) is 0 Å². The SMILES string of the molecule is CCCc1nn(C)c(NC(C)CSCC)c1N. The van der Waals surface area contributed by atoms with Crippen LogP contribution < -0.4 is 11.1 Å². The zero-order valence-corrected chi connectivity index (χ0v) is 12.1. The Kier molecular flexibility index (Phi) is 5.68. The van der Waals surface area contributed by atoms with Crippen molar-refractivity contribution in [1.82, 2.24) is 9.78 Å². The number of nitrogens with one attached hydrogen (secondary N) is 1. The number of hydrogen-bond acceptors (Lipinski definition) is 4. The second-order valence-electron chi connectivity index (χ2n) is 4.29. The van der Waals surface area contributed by atoms with Crippen LogP contribution in [0.25, 0.3) is 0 Å².